The van der Waals surface area contributed by atoms with Crippen LogP contribution in [-0.4, -0.2) is 30.1 Å². The molecule has 2 rings (SSSR count). The molecule has 1 unspecified atom stereocenters. The third kappa shape index (κ3) is 2.71. The zero-order valence-electron chi connectivity index (χ0n) is 9.67. The van der Waals surface area contributed by atoms with Crippen LogP contribution in [0.1, 0.15) is 45.4 Å². The molecule has 0 radical (unpaired) electrons. The number of hydrogen-bond donors (Lipinski definition) is 1. The maximum atomic E-state index is 11.6. The van der Waals surface area contributed by atoms with Gasteiger partial charge in [-0.1, -0.05) is 32.1 Å². The van der Waals surface area contributed by atoms with Crippen molar-refractivity contribution in [1.29, 1.82) is 0 Å². The third-order valence-corrected chi connectivity index (χ3v) is 3.80. The minimum atomic E-state index is 0.0383. The summed E-state index contributed by atoms with van der Waals surface area (Å²) in [7, 11) is 0. The highest BCUT2D eigenvalue weighted by Gasteiger charge is 2.27. The van der Waals surface area contributed by atoms with Crippen LogP contribution in [0.3, 0.4) is 0 Å². The van der Waals surface area contributed by atoms with Gasteiger partial charge in [-0.05, 0) is 19.3 Å². The Hall–Kier alpha value is -0.570. The predicted molar refractivity (Wildman–Crippen MR) is 60.4 cm³/mol. The van der Waals surface area contributed by atoms with Crippen molar-refractivity contribution < 1.29 is 4.79 Å². The van der Waals surface area contributed by atoms with E-state index < -0.39 is 0 Å². The lowest BCUT2D eigenvalue weighted by Gasteiger charge is -2.24. The van der Waals surface area contributed by atoms with Gasteiger partial charge in [-0.2, -0.15) is 0 Å². The molecule has 1 atom stereocenters. The van der Waals surface area contributed by atoms with E-state index in [9.17, 15) is 4.79 Å². The van der Waals surface area contributed by atoms with Crippen LogP contribution in [0.4, 0.5) is 0 Å². The lowest BCUT2D eigenvalue weighted by molar-refractivity contribution is -0.128. The van der Waals surface area contributed by atoms with Gasteiger partial charge in [0.05, 0.1) is 12.7 Å². The molecular formula is C12H22N2O. The number of amides is 1. The summed E-state index contributed by atoms with van der Waals surface area (Å²) in [6, 6.07) is 0.0383. The molecule has 1 aliphatic carbocycles. The summed E-state index contributed by atoms with van der Waals surface area (Å²) in [4.78, 5) is 13.6. The lowest BCUT2D eigenvalue weighted by atomic mass is 9.87. The van der Waals surface area contributed by atoms with Gasteiger partial charge in [-0.15, -0.1) is 0 Å². The first-order valence-electron chi connectivity index (χ1n) is 6.29. The summed E-state index contributed by atoms with van der Waals surface area (Å²) < 4.78 is 0. The summed E-state index contributed by atoms with van der Waals surface area (Å²) >= 11 is 0. The smallest absolute Gasteiger partial charge is 0.240 e. The van der Waals surface area contributed by atoms with Gasteiger partial charge < -0.3 is 4.90 Å². The molecule has 3 heteroatoms. The van der Waals surface area contributed by atoms with Gasteiger partial charge in [0, 0.05) is 6.54 Å². The summed E-state index contributed by atoms with van der Waals surface area (Å²) in [5, 5.41) is 3.18. The van der Waals surface area contributed by atoms with Crippen molar-refractivity contribution in [1.82, 2.24) is 10.2 Å². The van der Waals surface area contributed by atoms with Crippen molar-refractivity contribution in [3.05, 3.63) is 0 Å². The predicted octanol–water partition coefficient (Wildman–Crippen LogP) is 1.73. The molecule has 0 aromatic rings. The van der Waals surface area contributed by atoms with E-state index in [1.807, 2.05) is 11.8 Å². The Labute approximate surface area is 92.2 Å². The number of rotatable bonds is 3. The van der Waals surface area contributed by atoms with Gasteiger partial charge in [0.15, 0.2) is 0 Å². The topological polar surface area (TPSA) is 32.3 Å². The van der Waals surface area contributed by atoms with Gasteiger partial charge in [0.1, 0.15) is 0 Å². The largest absolute Gasteiger partial charge is 0.329 e. The minimum Gasteiger partial charge on any atom is -0.329 e. The number of nitrogens with zero attached hydrogens (tertiary/aromatic N) is 1. The Bertz CT molecular complexity index is 224. The maximum absolute atomic E-state index is 11.6. The molecule has 1 aliphatic heterocycles. The fourth-order valence-electron chi connectivity index (χ4n) is 2.69. The second-order valence-electron chi connectivity index (χ2n) is 4.98. The molecule has 1 saturated heterocycles. The first kappa shape index (κ1) is 10.9. The summed E-state index contributed by atoms with van der Waals surface area (Å²) in [6.45, 7) is 3.66. The van der Waals surface area contributed by atoms with E-state index in [1.54, 1.807) is 0 Å². The Morgan fingerprint density at radius 1 is 1.33 bits per heavy atom. The monoisotopic (exact) mass is 210 g/mol. The molecule has 0 spiro atoms. The van der Waals surface area contributed by atoms with Crippen LogP contribution in [0.15, 0.2) is 0 Å². The second kappa shape index (κ2) is 4.97. The van der Waals surface area contributed by atoms with Crippen LogP contribution >= 0.6 is 0 Å². The number of carbonyl (C=O) groups is 1. The van der Waals surface area contributed by atoms with Gasteiger partial charge in [-0.3, -0.25) is 10.1 Å². The van der Waals surface area contributed by atoms with E-state index in [-0.39, 0.29) is 11.9 Å². The number of nitrogens with one attached hydrogen (secondary N) is 1. The molecule has 1 amide bonds. The summed E-state index contributed by atoms with van der Waals surface area (Å²) in [5.74, 6) is 1.16. The van der Waals surface area contributed by atoms with Crippen molar-refractivity contribution in [2.45, 2.75) is 51.5 Å². The first-order chi connectivity index (χ1) is 7.27. The lowest BCUT2D eigenvalue weighted by Crippen LogP contribution is -2.30. The van der Waals surface area contributed by atoms with E-state index in [1.165, 1.54) is 38.5 Å². The Morgan fingerprint density at radius 2 is 2.07 bits per heavy atom. The van der Waals surface area contributed by atoms with E-state index in [2.05, 4.69) is 5.32 Å². The van der Waals surface area contributed by atoms with E-state index in [0.29, 0.717) is 0 Å². The van der Waals surface area contributed by atoms with Crippen LogP contribution in [-0.2, 0) is 4.79 Å². The molecule has 1 N–H and O–H groups in total. The SMILES string of the molecule is CC1NCN(CCC2CCCCC2)C1=O. The van der Waals surface area contributed by atoms with Crippen molar-refractivity contribution in [2.24, 2.45) is 5.92 Å². The van der Waals surface area contributed by atoms with Crippen molar-refractivity contribution in [3.8, 4) is 0 Å². The van der Waals surface area contributed by atoms with Gasteiger partial charge in [-0.25, -0.2) is 0 Å². The Balaban J connectivity index is 1.71. The Morgan fingerprint density at radius 3 is 2.67 bits per heavy atom. The van der Waals surface area contributed by atoms with Gasteiger partial charge in [0.2, 0.25) is 5.91 Å². The van der Waals surface area contributed by atoms with Crippen LogP contribution in [0.25, 0.3) is 0 Å². The van der Waals surface area contributed by atoms with Gasteiger partial charge in [0.25, 0.3) is 0 Å². The average Bonchev–Trinajstić information content (AvgIpc) is 2.59. The molecule has 1 saturated carbocycles. The highest BCUT2D eigenvalue weighted by atomic mass is 16.2. The average molecular weight is 210 g/mol. The molecule has 86 valence electrons. The summed E-state index contributed by atoms with van der Waals surface area (Å²) in [6.07, 6.45) is 8.18. The van der Waals surface area contributed by atoms with Crippen LogP contribution in [0, 0.1) is 5.92 Å². The molecule has 0 bridgehead atoms. The minimum absolute atomic E-state index is 0.0383. The molecule has 15 heavy (non-hydrogen) atoms. The van der Waals surface area contributed by atoms with Crippen molar-refractivity contribution in [3.63, 3.8) is 0 Å². The Kier molecular flexibility index (Phi) is 3.62. The van der Waals surface area contributed by atoms with Gasteiger partial charge >= 0.3 is 0 Å². The zero-order chi connectivity index (χ0) is 10.7. The molecular weight excluding hydrogens is 188 g/mol. The van der Waals surface area contributed by atoms with E-state index >= 15 is 0 Å². The molecule has 0 aromatic carbocycles. The van der Waals surface area contributed by atoms with E-state index in [4.69, 9.17) is 0 Å². The number of hydrogen-bond acceptors (Lipinski definition) is 2. The maximum Gasteiger partial charge on any atom is 0.240 e. The quantitative estimate of drug-likeness (QED) is 0.769. The molecule has 2 aliphatic rings. The van der Waals surface area contributed by atoms with Crippen LogP contribution in [0.2, 0.25) is 0 Å². The third-order valence-electron chi connectivity index (χ3n) is 3.80. The second-order valence-corrected chi connectivity index (χ2v) is 4.98. The molecule has 3 nitrogen and oxygen atoms in total. The van der Waals surface area contributed by atoms with Crippen LogP contribution in [0.5, 0.6) is 0 Å². The fraction of sp³-hybridized carbons (Fsp3) is 0.917. The summed E-state index contributed by atoms with van der Waals surface area (Å²) in [5.41, 5.74) is 0. The molecule has 0 aromatic heterocycles. The normalized spacial score (nSPS) is 28.7. The van der Waals surface area contributed by atoms with Crippen molar-refractivity contribution >= 4 is 5.91 Å². The van der Waals surface area contributed by atoms with E-state index in [0.717, 1.165) is 19.1 Å². The first-order valence-corrected chi connectivity index (χ1v) is 6.29. The van der Waals surface area contributed by atoms with Crippen molar-refractivity contribution in [2.75, 3.05) is 13.2 Å². The number of carbonyl (C=O) groups excluding carboxylic acids is 1. The highest BCUT2D eigenvalue weighted by Crippen LogP contribution is 2.26. The van der Waals surface area contributed by atoms with Crippen LogP contribution < -0.4 is 5.32 Å². The molecule has 2 fully saturated rings. The highest BCUT2D eigenvalue weighted by molar-refractivity contribution is 5.83. The fourth-order valence-corrected chi connectivity index (χ4v) is 2.69. The standard InChI is InChI=1S/C12H22N2O/c1-10-12(15)14(9-13-10)8-7-11-5-3-2-4-6-11/h10-11,13H,2-9H2,1H3. The molecule has 1 heterocycles. The zero-order valence-corrected chi connectivity index (χ0v) is 9.67.